The number of nitrogens with two attached hydrogens (primary N) is 1. The molecule has 1 unspecified atom stereocenters. The Kier molecular flexibility index (Phi) is 5.47. The summed E-state index contributed by atoms with van der Waals surface area (Å²) in [5, 5.41) is 0. The highest BCUT2D eigenvalue weighted by Gasteiger charge is 2.21. The van der Waals surface area contributed by atoms with Crippen LogP contribution in [-0.2, 0) is 9.47 Å². The molecular weight excluding hydrogens is 228 g/mol. The zero-order valence-corrected chi connectivity index (χ0v) is 9.95. The quantitative estimate of drug-likeness (QED) is 0.782. The molecule has 1 aromatic carbocycles. The Morgan fingerprint density at radius 3 is 1.94 bits per heavy atom. The minimum Gasteiger partial charge on any atom is -0.351 e. The second kappa shape index (κ2) is 6.64. The van der Waals surface area contributed by atoms with E-state index in [-0.39, 0.29) is 0 Å². The summed E-state index contributed by atoms with van der Waals surface area (Å²) >= 11 is 0. The standard InChI is InChI=1S/C12H17F2NO2/c1-3-16-12(17-4-2)11(15)8-5-9(13)7-10(14)6-8/h5-7,11-12H,3-4,15H2,1-2H3. The number of halogens is 2. The third-order valence-corrected chi connectivity index (χ3v) is 2.22. The van der Waals surface area contributed by atoms with Gasteiger partial charge in [0.2, 0.25) is 0 Å². The van der Waals surface area contributed by atoms with Crippen LogP contribution < -0.4 is 5.73 Å². The highest BCUT2D eigenvalue weighted by Crippen LogP contribution is 2.20. The molecule has 0 fully saturated rings. The monoisotopic (exact) mass is 245 g/mol. The second-order valence-electron chi connectivity index (χ2n) is 3.51. The van der Waals surface area contributed by atoms with Gasteiger partial charge in [-0.25, -0.2) is 8.78 Å². The molecule has 0 saturated heterocycles. The van der Waals surface area contributed by atoms with E-state index in [4.69, 9.17) is 15.2 Å². The van der Waals surface area contributed by atoms with E-state index in [2.05, 4.69) is 0 Å². The average Bonchev–Trinajstić information content (AvgIpc) is 2.26. The summed E-state index contributed by atoms with van der Waals surface area (Å²) < 4.78 is 36.7. The highest BCUT2D eigenvalue weighted by atomic mass is 19.1. The molecule has 1 aromatic rings. The van der Waals surface area contributed by atoms with E-state index in [9.17, 15) is 8.78 Å². The lowest BCUT2D eigenvalue weighted by molar-refractivity contribution is -0.149. The third-order valence-electron chi connectivity index (χ3n) is 2.22. The van der Waals surface area contributed by atoms with Gasteiger partial charge in [-0.15, -0.1) is 0 Å². The lowest BCUT2D eigenvalue weighted by Gasteiger charge is -2.23. The maximum atomic E-state index is 13.0. The van der Waals surface area contributed by atoms with E-state index in [1.807, 2.05) is 0 Å². The van der Waals surface area contributed by atoms with Gasteiger partial charge >= 0.3 is 0 Å². The van der Waals surface area contributed by atoms with Gasteiger partial charge in [0, 0.05) is 19.3 Å². The molecule has 1 atom stereocenters. The van der Waals surface area contributed by atoms with Crippen LogP contribution in [0, 0.1) is 11.6 Å². The van der Waals surface area contributed by atoms with Gasteiger partial charge in [-0.3, -0.25) is 0 Å². The summed E-state index contributed by atoms with van der Waals surface area (Å²) in [6.45, 7) is 4.42. The summed E-state index contributed by atoms with van der Waals surface area (Å²) in [6.07, 6.45) is -0.703. The molecule has 0 spiro atoms. The van der Waals surface area contributed by atoms with Gasteiger partial charge in [-0.05, 0) is 31.5 Å². The van der Waals surface area contributed by atoms with Crippen molar-refractivity contribution in [2.45, 2.75) is 26.2 Å². The fourth-order valence-electron chi connectivity index (χ4n) is 1.51. The zero-order chi connectivity index (χ0) is 12.8. The molecule has 0 aliphatic carbocycles. The Morgan fingerprint density at radius 1 is 1.06 bits per heavy atom. The topological polar surface area (TPSA) is 44.5 Å². The van der Waals surface area contributed by atoms with Crippen LogP contribution in [0.15, 0.2) is 18.2 Å². The third kappa shape index (κ3) is 4.03. The molecule has 2 N–H and O–H groups in total. The number of ether oxygens (including phenoxy) is 2. The fraction of sp³-hybridized carbons (Fsp3) is 0.500. The van der Waals surface area contributed by atoms with Gasteiger partial charge in [0.1, 0.15) is 11.6 Å². The minimum atomic E-state index is -0.722. The van der Waals surface area contributed by atoms with Crippen LogP contribution in [0.25, 0.3) is 0 Å². The number of hydrogen-bond donors (Lipinski definition) is 1. The Morgan fingerprint density at radius 2 is 1.53 bits per heavy atom. The Labute approximate surface area is 99.5 Å². The fourth-order valence-corrected chi connectivity index (χ4v) is 1.51. The normalized spacial score (nSPS) is 13.1. The second-order valence-corrected chi connectivity index (χ2v) is 3.51. The molecule has 0 saturated carbocycles. The predicted octanol–water partition coefficient (Wildman–Crippen LogP) is 2.36. The van der Waals surface area contributed by atoms with E-state index < -0.39 is 24.0 Å². The van der Waals surface area contributed by atoms with Gasteiger partial charge in [0.05, 0.1) is 6.04 Å². The first kappa shape index (κ1) is 14.0. The molecule has 0 radical (unpaired) electrons. The molecule has 0 heterocycles. The predicted molar refractivity (Wildman–Crippen MR) is 60.3 cm³/mol. The highest BCUT2D eigenvalue weighted by molar-refractivity contribution is 5.21. The van der Waals surface area contributed by atoms with Crippen LogP contribution in [0.2, 0.25) is 0 Å². The van der Waals surface area contributed by atoms with Crippen molar-refractivity contribution in [2.75, 3.05) is 13.2 Å². The Bertz CT molecular complexity index is 334. The van der Waals surface area contributed by atoms with Crippen LogP contribution >= 0.6 is 0 Å². The maximum Gasteiger partial charge on any atom is 0.176 e. The lowest BCUT2D eigenvalue weighted by Crippen LogP contribution is -2.31. The average molecular weight is 245 g/mol. The van der Waals surface area contributed by atoms with E-state index in [0.29, 0.717) is 18.8 Å². The smallest absolute Gasteiger partial charge is 0.176 e. The van der Waals surface area contributed by atoms with Crippen molar-refractivity contribution in [1.82, 2.24) is 0 Å². The molecule has 5 heteroatoms. The minimum absolute atomic E-state index is 0.314. The molecule has 96 valence electrons. The Hall–Kier alpha value is -1.04. The molecule has 3 nitrogen and oxygen atoms in total. The first-order valence-electron chi connectivity index (χ1n) is 5.53. The SMILES string of the molecule is CCOC(OCC)C(N)c1cc(F)cc(F)c1. The molecule has 0 amide bonds. The van der Waals surface area contributed by atoms with E-state index in [0.717, 1.165) is 6.07 Å². The number of hydrogen-bond acceptors (Lipinski definition) is 3. The van der Waals surface area contributed by atoms with Crippen LogP contribution in [0.1, 0.15) is 25.5 Å². The van der Waals surface area contributed by atoms with E-state index in [1.54, 1.807) is 13.8 Å². The van der Waals surface area contributed by atoms with Crippen molar-refractivity contribution >= 4 is 0 Å². The first-order valence-corrected chi connectivity index (χ1v) is 5.53. The van der Waals surface area contributed by atoms with Gasteiger partial charge < -0.3 is 15.2 Å². The molecule has 0 aliphatic heterocycles. The van der Waals surface area contributed by atoms with Gasteiger partial charge in [0.25, 0.3) is 0 Å². The van der Waals surface area contributed by atoms with Crippen molar-refractivity contribution in [3.63, 3.8) is 0 Å². The van der Waals surface area contributed by atoms with Crippen molar-refractivity contribution in [1.29, 1.82) is 0 Å². The molecule has 0 bridgehead atoms. The summed E-state index contributed by atoms with van der Waals surface area (Å²) in [4.78, 5) is 0. The summed E-state index contributed by atoms with van der Waals surface area (Å²) in [7, 11) is 0. The van der Waals surface area contributed by atoms with Gasteiger partial charge in [0.15, 0.2) is 6.29 Å². The van der Waals surface area contributed by atoms with Gasteiger partial charge in [-0.2, -0.15) is 0 Å². The zero-order valence-electron chi connectivity index (χ0n) is 9.95. The molecule has 17 heavy (non-hydrogen) atoms. The maximum absolute atomic E-state index is 13.0. The summed E-state index contributed by atoms with van der Waals surface area (Å²) in [6, 6.07) is 2.43. The first-order chi connectivity index (χ1) is 8.08. The van der Waals surface area contributed by atoms with Crippen LogP contribution in [0.4, 0.5) is 8.78 Å². The van der Waals surface area contributed by atoms with Crippen molar-refractivity contribution in [2.24, 2.45) is 5.73 Å². The molecule has 1 rings (SSSR count). The molecular formula is C12H17F2NO2. The molecule has 0 aliphatic rings. The van der Waals surface area contributed by atoms with Gasteiger partial charge in [-0.1, -0.05) is 0 Å². The molecule has 0 aromatic heterocycles. The van der Waals surface area contributed by atoms with Crippen LogP contribution in [-0.4, -0.2) is 19.5 Å². The van der Waals surface area contributed by atoms with Crippen molar-refractivity contribution < 1.29 is 18.3 Å². The van der Waals surface area contributed by atoms with Crippen molar-refractivity contribution in [3.05, 3.63) is 35.4 Å². The van der Waals surface area contributed by atoms with Crippen molar-refractivity contribution in [3.8, 4) is 0 Å². The summed E-state index contributed by atoms with van der Waals surface area (Å²) in [5.74, 6) is -1.33. The van der Waals surface area contributed by atoms with E-state index >= 15 is 0 Å². The number of benzene rings is 1. The van der Waals surface area contributed by atoms with Crippen LogP contribution in [0.3, 0.4) is 0 Å². The number of rotatable bonds is 6. The Balaban J connectivity index is 2.87. The summed E-state index contributed by atoms with van der Waals surface area (Å²) in [5.41, 5.74) is 6.18. The lowest BCUT2D eigenvalue weighted by atomic mass is 10.1. The van der Waals surface area contributed by atoms with Crippen LogP contribution in [0.5, 0.6) is 0 Å². The largest absolute Gasteiger partial charge is 0.351 e. The van der Waals surface area contributed by atoms with E-state index in [1.165, 1.54) is 12.1 Å².